The predicted octanol–water partition coefficient (Wildman–Crippen LogP) is 4.23. The Hall–Kier alpha value is -0.950. The van der Waals surface area contributed by atoms with Crippen LogP contribution in [-0.2, 0) is 19.0 Å². The smallest absolute Gasteiger partial charge is 0.305 e. The summed E-state index contributed by atoms with van der Waals surface area (Å²) in [6, 6.07) is 0. The summed E-state index contributed by atoms with van der Waals surface area (Å²) in [5.74, 6) is 1.22. The Morgan fingerprint density at radius 2 is 1.85 bits per heavy atom. The highest BCUT2D eigenvalue weighted by molar-refractivity contribution is 5.69. The van der Waals surface area contributed by atoms with E-state index >= 15 is 0 Å². The van der Waals surface area contributed by atoms with E-state index < -0.39 is 12.2 Å². The van der Waals surface area contributed by atoms with Gasteiger partial charge in [-0.1, -0.05) is 20.8 Å². The highest BCUT2D eigenvalue weighted by atomic mass is 16.7. The first-order chi connectivity index (χ1) is 15.7. The maximum atomic E-state index is 11.7. The van der Waals surface area contributed by atoms with Crippen molar-refractivity contribution >= 4 is 5.97 Å². The van der Waals surface area contributed by atoms with Crippen molar-refractivity contribution in [1.29, 1.82) is 0 Å². The number of carbonyl (C=O) groups is 1. The minimum Gasteiger partial charge on any atom is -0.469 e. The second kappa shape index (κ2) is 9.60. The number of aliphatic hydroxyl groups excluding tert-OH is 2. The van der Waals surface area contributed by atoms with E-state index in [0.717, 1.165) is 62.5 Å². The molecule has 0 radical (unpaired) electrons. The molecule has 3 fully saturated rings. The SMILES string of the molecule is COCO[C@@H]1CC[C@]2(C)C3CC[C@@]4(C)C(=C3[C@H](O)C[C@@H]2C1)[C@@H](O)C[C@@H]4[C@H](C)CCC(=O)OC. The number of hydrogen-bond acceptors (Lipinski definition) is 6. The quantitative estimate of drug-likeness (QED) is 0.333. The van der Waals surface area contributed by atoms with Gasteiger partial charge in [-0.05, 0) is 97.0 Å². The Balaban J connectivity index is 1.59. The maximum absolute atomic E-state index is 11.7. The van der Waals surface area contributed by atoms with Crippen LogP contribution >= 0.6 is 0 Å². The fourth-order valence-corrected chi connectivity index (χ4v) is 8.35. The average Bonchev–Trinajstić information content (AvgIpc) is 3.07. The highest BCUT2D eigenvalue weighted by Gasteiger charge is 2.59. The summed E-state index contributed by atoms with van der Waals surface area (Å²) in [4.78, 5) is 11.7. The van der Waals surface area contributed by atoms with Crippen LogP contribution < -0.4 is 0 Å². The topological polar surface area (TPSA) is 85.2 Å². The molecule has 0 saturated heterocycles. The second-order valence-electron chi connectivity index (χ2n) is 11.8. The van der Waals surface area contributed by atoms with Gasteiger partial charge in [0.1, 0.15) is 6.79 Å². The molecule has 0 aromatic rings. The van der Waals surface area contributed by atoms with Crippen molar-refractivity contribution in [2.75, 3.05) is 21.0 Å². The molecule has 0 aliphatic heterocycles. The van der Waals surface area contributed by atoms with Crippen molar-refractivity contribution < 1.29 is 29.2 Å². The molecule has 0 spiro atoms. The number of methoxy groups -OCH3 is 2. The molecule has 9 atom stereocenters. The third kappa shape index (κ3) is 4.30. The lowest BCUT2D eigenvalue weighted by molar-refractivity contribution is -0.141. The van der Waals surface area contributed by atoms with Crippen molar-refractivity contribution in [3.05, 3.63) is 11.1 Å². The summed E-state index contributed by atoms with van der Waals surface area (Å²) in [6.07, 6.45) is 7.10. The van der Waals surface area contributed by atoms with E-state index in [1.165, 1.54) is 7.11 Å². The molecular formula is C27H44O6. The Morgan fingerprint density at radius 1 is 1.09 bits per heavy atom. The molecular weight excluding hydrogens is 420 g/mol. The fraction of sp³-hybridized carbons (Fsp3) is 0.889. The number of hydrogen-bond donors (Lipinski definition) is 2. The molecule has 1 unspecified atom stereocenters. The van der Waals surface area contributed by atoms with Crippen LogP contribution in [0.5, 0.6) is 0 Å². The van der Waals surface area contributed by atoms with Gasteiger partial charge in [-0.15, -0.1) is 0 Å². The summed E-state index contributed by atoms with van der Waals surface area (Å²) in [5.41, 5.74) is 2.33. The van der Waals surface area contributed by atoms with Crippen molar-refractivity contribution in [3.8, 4) is 0 Å². The van der Waals surface area contributed by atoms with Gasteiger partial charge in [-0.2, -0.15) is 0 Å². The monoisotopic (exact) mass is 464 g/mol. The van der Waals surface area contributed by atoms with E-state index in [9.17, 15) is 15.0 Å². The lowest BCUT2D eigenvalue weighted by Gasteiger charge is -2.58. The number of ether oxygens (including phenoxy) is 3. The van der Waals surface area contributed by atoms with Gasteiger partial charge in [-0.25, -0.2) is 0 Å². The van der Waals surface area contributed by atoms with Crippen LogP contribution in [0.4, 0.5) is 0 Å². The van der Waals surface area contributed by atoms with Crippen LogP contribution in [0.1, 0.15) is 78.6 Å². The third-order valence-electron chi connectivity index (χ3n) is 10.2. The van der Waals surface area contributed by atoms with Gasteiger partial charge in [0.15, 0.2) is 0 Å². The van der Waals surface area contributed by atoms with E-state index in [1.807, 2.05) is 0 Å². The Labute approximate surface area is 199 Å². The minimum atomic E-state index is -0.491. The molecule has 3 saturated carbocycles. The molecule has 0 bridgehead atoms. The first-order valence-electron chi connectivity index (χ1n) is 12.9. The summed E-state index contributed by atoms with van der Waals surface area (Å²) >= 11 is 0. The molecule has 188 valence electrons. The standard InChI is InChI=1S/C27H44O6/c1-16(6-7-23(30)32-5)20-14-22(29)25-24-19(9-11-27(20,25)3)26(2)10-8-18(33-15-31-4)12-17(26)13-21(24)28/h16-22,28-29H,6-15H2,1-5H3/t16-,17+,18-,19?,20-,21-,22+,26+,27-/m1/s1. The molecule has 0 aromatic carbocycles. The molecule has 2 N–H and O–H groups in total. The van der Waals surface area contributed by atoms with E-state index in [2.05, 4.69) is 20.8 Å². The Kier molecular flexibility index (Phi) is 7.32. The van der Waals surface area contributed by atoms with Crippen LogP contribution in [-0.4, -0.2) is 55.5 Å². The zero-order valence-electron chi connectivity index (χ0n) is 21.1. The molecule has 6 nitrogen and oxygen atoms in total. The largest absolute Gasteiger partial charge is 0.469 e. The third-order valence-corrected chi connectivity index (χ3v) is 10.2. The Morgan fingerprint density at radius 3 is 2.55 bits per heavy atom. The number of esters is 1. The summed E-state index contributed by atoms with van der Waals surface area (Å²) in [5, 5.41) is 22.8. The van der Waals surface area contributed by atoms with Gasteiger partial charge in [0, 0.05) is 13.5 Å². The summed E-state index contributed by atoms with van der Waals surface area (Å²) in [6.45, 7) is 7.26. The first kappa shape index (κ1) is 25.2. The van der Waals surface area contributed by atoms with Gasteiger partial charge in [0.05, 0.1) is 25.4 Å². The molecule has 4 aliphatic rings. The predicted molar refractivity (Wildman–Crippen MR) is 125 cm³/mol. The number of fused-ring (bicyclic) bond motifs is 4. The number of rotatable bonds is 7. The molecule has 4 rings (SSSR count). The zero-order chi connectivity index (χ0) is 24.0. The van der Waals surface area contributed by atoms with E-state index in [4.69, 9.17) is 14.2 Å². The molecule has 0 aromatic heterocycles. The van der Waals surface area contributed by atoms with Crippen molar-refractivity contribution in [3.63, 3.8) is 0 Å². The normalized spacial score (nSPS) is 43.5. The molecule has 33 heavy (non-hydrogen) atoms. The van der Waals surface area contributed by atoms with Gasteiger partial charge in [0.25, 0.3) is 0 Å². The van der Waals surface area contributed by atoms with Crippen molar-refractivity contribution in [1.82, 2.24) is 0 Å². The lowest BCUT2D eigenvalue weighted by Crippen LogP contribution is -2.52. The van der Waals surface area contributed by atoms with Crippen LogP contribution in [0, 0.1) is 34.5 Å². The molecule has 0 amide bonds. The summed E-state index contributed by atoms with van der Waals surface area (Å²) < 4.78 is 15.9. The number of carbonyl (C=O) groups excluding carboxylic acids is 1. The van der Waals surface area contributed by atoms with Crippen LogP contribution in [0.15, 0.2) is 11.1 Å². The van der Waals surface area contributed by atoms with E-state index in [0.29, 0.717) is 36.9 Å². The molecule has 6 heteroatoms. The van der Waals surface area contributed by atoms with Crippen LogP contribution in [0.2, 0.25) is 0 Å². The van der Waals surface area contributed by atoms with Crippen LogP contribution in [0.3, 0.4) is 0 Å². The zero-order valence-corrected chi connectivity index (χ0v) is 21.1. The minimum absolute atomic E-state index is 0.107. The molecule has 4 aliphatic carbocycles. The second-order valence-corrected chi connectivity index (χ2v) is 11.8. The van der Waals surface area contributed by atoms with Gasteiger partial charge < -0.3 is 24.4 Å². The van der Waals surface area contributed by atoms with Crippen LogP contribution in [0.25, 0.3) is 0 Å². The fourth-order valence-electron chi connectivity index (χ4n) is 8.35. The van der Waals surface area contributed by atoms with Crippen molar-refractivity contribution in [2.45, 2.75) is 96.9 Å². The average molecular weight is 465 g/mol. The summed E-state index contributed by atoms with van der Waals surface area (Å²) in [7, 11) is 3.10. The highest BCUT2D eigenvalue weighted by Crippen LogP contribution is 2.66. The first-order valence-corrected chi connectivity index (χ1v) is 12.9. The van der Waals surface area contributed by atoms with Crippen molar-refractivity contribution in [2.24, 2.45) is 34.5 Å². The van der Waals surface area contributed by atoms with Gasteiger partial charge in [0.2, 0.25) is 0 Å². The number of aliphatic hydroxyl groups is 2. The van der Waals surface area contributed by atoms with E-state index in [1.54, 1.807) is 7.11 Å². The Bertz CT molecular complexity index is 764. The van der Waals surface area contributed by atoms with E-state index in [-0.39, 0.29) is 22.9 Å². The molecule has 0 heterocycles. The maximum Gasteiger partial charge on any atom is 0.305 e. The lowest BCUT2D eigenvalue weighted by atomic mass is 9.48. The van der Waals surface area contributed by atoms with Gasteiger partial charge >= 0.3 is 5.97 Å². The van der Waals surface area contributed by atoms with Gasteiger partial charge in [-0.3, -0.25) is 4.79 Å².